The Balaban J connectivity index is 2.03. The van der Waals surface area contributed by atoms with Crippen LogP contribution in [0.15, 0.2) is 54.9 Å². The normalized spacial score (nSPS) is 10.5. The van der Waals surface area contributed by atoms with Gasteiger partial charge in [-0.2, -0.15) is 0 Å². The van der Waals surface area contributed by atoms with E-state index in [1.807, 2.05) is 41.1 Å². The molecular formula is C18H18N2O3. The standard InChI is InChI=1S/C18H18N2O3/c1-22-15-4-3-5-16(23-2)17(15)18-19-10-11-20(18)12-13-6-8-14(21)9-7-13/h3-11,21H,12H2,1-2H3. The first-order valence-corrected chi connectivity index (χ1v) is 7.23. The van der Waals surface area contributed by atoms with Crippen LogP contribution in [0.4, 0.5) is 0 Å². The van der Waals surface area contributed by atoms with Gasteiger partial charge in [0.1, 0.15) is 28.6 Å². The molecule has 0 aliphatic rings. The summed E-state index contributed by atoms with van der Waals surface area (Å²) in [5.41, 5.74) is 1.89. The van der Waals surface area contributed by atoms with E-state index in [1.165, 1.54) is 0 Å². The second kappa shape index (κ2) is 6.44. The number of phenolic OH excluding ortho intramolecular Hbond substituents is 1. The van der Waals surface area contributed by atoms with Gasteiger partial charge in [0.25, 0.3) is 0 Å². The Morgan fingerprint density at radius 3 is 2.26 bits per heavy atom. The molecule has 0 radical (unpaired) electrons. The molecule has 5 heteroatoms. The lowest BCUT2D eigenvalue weighted by atomic mass is 10.1. The van der Waals surface area contributed by atoms with Crippen molar-refractivity contribution in [2.75, 3.05) is 14.2 Å². The number of imidazole rings is 1. The van der Waals surface area contributed by atoms with E-state index in [2.05, 4.69) is 4.98 Å². The third-order valence-corrected chi connectivity index (χ3v) is 3.66. The predicted octanol–water partition coefficient (Wildman–Crippen LogP) is 3.32. The van der Waals surface area contributed by atoms with E-state index >= 15 is 0 Å². The van der Waals surface area contributed by atoms with Crippen molar-refractivity contribution in [3.05, 3.63) is 60.4 Å². The Morgan fingerprint density at radius 1 is 1.00 bits per heavy atom. The number of ether oxygens (including phenoxy) is 2. The number of nitrogens with zero attached hydrogens (tertiary/aromatic N) is 2. The van der Waals surface area contributed by atoms with E-state index < -0.39 is 0 Å². The number of benzene rings is 2. The molecule has 0 saturated heterocycles. The van der Waals surface area contributed by atoms with Gasteiger partial charge in [0.2, 0.25) is 0 Å². The molecule has 0 amide bonds. The number of hydrogen-bond donors (Lipinski definition) is 1. The van der Waals surface area contributed by atoms with Gasteiger partial charge >= 0.3 is 0 Å². The molecule has 118 valence electrons. The van der Waals surface area contributed by atoms with E-state index in [1.54, 1.807) is 32.5 Å². The molecular weight excluding hydrogens is 292 g/mol. The van der Waals surface area contributed by atoms with Crippen LogP contribution in [0.25, 0.3) is 11.4 Å². The van der Waals surface area contributed by atoms with Gasteiger partial charge < -0.3 is 19.1 Å². The van der Waals surface area contributed by atoms with Crippen LogP contribution in [0.5, 0.6) is 17.2 Å². The van der Waals surface area contributed by atoms with E-state index in [0.29, 0.717) is 18.0 Å². The highest BCUT2D eigenvalue weighted by atomic mass is 16.5. The topological polar surface area (TPSA) is 56.5 Å². The maximum atomic E-state index is 9.40. The van der Waals surface area contributed by atoms with Gasteiger partial charge in [-0.3, -0.25) is 0 Å². The van der Waals surface area contributed by atoms with Crippen LogP contribution in [-0.2, 0) is 6.54 Å². The van der Waals surface area contributed by atoms with Gasteiger partial charge in [-0.1, -0.05) is 18.2 Å². The van der Waals surface area contributed by atoms with Crippen molar-refractivity contribution >= 4 is 0 Å². The summed E-state index contributed by atoms with van der Waals surface area (Å²) in [6.07, 6.45) is 3.66. The first kappa shape index (κ1) is 15.0. The van der Waals surface area contributed by atoms with Gasteiger partial charge in [0.15, 0.2) is 0 Å². The van der Waals surface area contributed by atoms with Crippen molar-refractivity contribution in [3.63, 3.8) is 0 Å². The summed E-state index contributed by atoms with van der Waals surface area (Å²) in [5, 5.41) is 9.40. The predicted molar refractivity (Wildman–Crippen MR) is 88.0 cm³/mol. The second-order valence-corrected chi connectivity index (χ2v) is 5.08. The molecule has 0 aliphatic carbocycles. The van der Waals surface area contributed by atoms with Gasteiger partial charge in [0, 0.05) is 18.9 Å². The average Bonchev–Trinajstić information content (AvgIpc) is 3.03. The summed E-state index contributed by atoms with van der Waals surface area (Å²) in [5.74, 6) is 2.45. The largest absolute Gasteiger partial charge is 0.508 e. The summed E-state index contributed by atoms with van der Waals surface area (Å²) in [6, 6.07) is 12.8. The van der Waals surface area contributed by atoms with Crippen molar-refractivity contribution in [2.24, 2.45) is 0 Å². The fraction of sp³-hybridized carbons (Fsp3) is 0.167. The third-order valence-electron chi connectivity index (χ3n) is 3.66. The molecule has 0 unspecified atom stereocenters. The van der Waals surface area contributed by atoms with E-state index in [4.69, 9.17) is 9.47 Å². The molecule has 0 atom stereocenters. The van der Waals surface area contributed by atoms with E-state index in [0.717, 1.165) is 17.0 Å². The Labute approximate surface area is 134 Å². The highest BCUT2D eigenvalue weighted by Crippen LogP contribution is 2.37. The van der Waals surface area contributed by atoms with Crippen LogP contribution in [0.3, 0.4) is 0 Å². The minimum Gasteiger partial charge on any atom is -0.508 e. The van der Waals surface area contributed by atoms with Crippen LogP contribution in [0.2, 0.25) is 0 Å². The lowest BCUT2D eigenvalue weighted by molar-refractivity contribution is 0.396. The van der Waals surface area contributed by atoms with Crippen LogP contribution < -0.4 is 9.47 Å². The first-order chi connectivity index (χ1) is 11.2. The molecule has 1 heterocycles. The molecule has 5 nitrogen and oxygen atoms in total. The second-order valence-electron chi connectivity index (χ2n) is 5.08. The van der Waals surface area contributed by atoms with Crippen LogP contribution in [-0.4, -0.2) is 28.9 Å². The fourth-order valence-electron chi connectivity index (χ4n) is 2.53. The molecule has 0 spiro atoms. The molecule has 0 saturated carbocycles. The Bertz CT molecular complexity index is 772. The molecule has 3 aromatic rings. The maximum Gasteiger partial charge on any atom is 0.147 e. The van der Waals surface area contributed by atoms with Gasteiger partial charge in [-0.05, 0) is 29.8 Å². The molecule has 0 fully saturated rings. The summed E-state index contributed by atoms with van der Waals surface area (Å²) in [6.45, 7) is 0.636. The zero-order valence-corrected chi connectivity index (χ0v) is 13.1. The maximum absolute atomic E-state index is 9.40. The van der Waals surface area contributed by atoms with Crippen molar-refractivity contribution in [1.82, 2.24) is 9.55 Å². The van der Waals surface area contributed by atoms with E-state index in [-0.39, 0.29) is 5.75 Å². The lowest BCUT2D eigenvalue weighted by Gasteiger charge is -2.14. The fourth-order valence-corrected chi connectivity index (χ4v) is 2.53. The Kier molecular flexibility index (Phi) is 4.19. The van der Waals surface area contributed by atoms with Gasteiger partial charge in [-0.15, -0.1) is 0 Å². The molecule has 0 bridgehead atoms. The number of phenols is 1. The number of rotatable bonds is 5. The summed E-state index contributed by atoms with van der Waals surface area (Å²) in [4.78, 5) is 4.47. The SMILES string of the molecule is COc1cccc(OC)c1-c1nccn1Cc1ccc(O)cc1. The summed E-state index contributed by atoms with van der Waals surface area (Å²) >= 11 is 0. The van der Waals surface area contributed by atoms with Crippen LogP contribution in [0, 0.1) is 0 Å². The zero-order valence-electron chi connectivity index (χ0n) is 13.1. The minimum atomic E-state index is 0.256. The third kappa shape index (κ3) is 2.99. The highest BCUT2D eigenvalue weighted by molar-refractivity contribution is 5.72. The van der Waals surface area contributed by atoms with Crippen molar-refractivity contribution in [2.45, 2.75) is 6.54 Å². The van der Waals surface area contributed by atoms with Crippen LogP contribution in [0.1, 0.15) is 5.56 Å². The number of hydrogen-bond acceptors (Lipinski definition) is 4. The molecule has 1 N–H and O–H groups in total. The monoisotopic (exact) mass is 310 g/mol. The lowest BCUT2D eigenvalue weighted by Crippen LogP contribution is -2.03. The van der Waals surface area contributed by atoms with Gasteiger partial charge in [-0.25, -0.2) is 4.98 Å². The van der Waals surface area contributed by atoms with Crippen molar-refractivity contribution < 1.29 is 14.6 Å². The zero-order chi connectivity index (χ0) is 16.2. The molecule has 1 aromatic heterocycles. The Morgan fingerprint density at radius 2 is 1.65 bits per heavy atom. The quantitative estimate of drug-likeness (QED) is 0.785. The molecule has 0 aliphatic heterocycles. The van der Waals surface area contributed by atoms with Crippen LogP contribution >= 0.6 is 0 Å². The molecule has 23 heavy (non-hydrogen) atoms. The molecule has 2 aromatic carbocycles. The number of methoxy groups -OCH3 is 2. The summed E-state index contributed by atoms with van der Waals surface area (Å²) in [7, 11) is 3.26. The van der Waals surface area contributed by atoms with Gasteiger partial charge in [0.05, 0.1) is 14.2 Å². The smallest absolute Gasteiger partial charge is 0.147 e. The summed E-state index contributed by atoms with van der Waals surface area (Å²) < 4.78 is 13.0. The number of aromatic hydroxyl groups is 1. The Hall–Kier alpha value is -2.95. The minimum absolute atomic E-state index is 0.256. The average molecular weight is 310 g/mol. The van der Waals surface area contributed by atoms with E-state index in [9.17, 15) is 5.11 Å². The first-order valence-electron chi connectivity index (χ1n) is 7.23. The van der Waals surface area contributed by atoms with Crippen molar-refractivity contribution in [3.8, 4) is 28.6 Å². The number of aromatic nitrogens is 2. The highest BCUT2D eigenvalue weighted by Gasteiger charge is 2.17. The molecule has 3 rings (SSSR count). The van der Waals surface area contributed by atoms with Crippen molar-refractivity contribution in [1.29, 1.82) is 0 Å².